The third kappa shape index (κ3) is 3.72. The molecule has 92 valence electrons. The quantitative estimate of drug-likeness (QED) is 0.378. The summed E-state index contributed by atoms with van der Waals surface area (Å²) in [5.41, 5.74) is 0.382. The molecule has 1 N–H and O–H groups in total. The number of terminal acetylenes is 1. The van der Waals surface area contributed by atoms with E-state index in [0.717, 1.165) is 0 Å². The van der Waals surface area contributed by atoms with Crippen molar-refractivity contribution in [1.29, 1.82) is 0 Å². The van der Waals surface area contributed by atoms with E-state index in [1.165, 1.54) is 31.2 Å². The number of carbonyl (C=O) groups excluding carboxylic acids is 2. The van der Waals surface area contributed by atoms with Gasteiger partial charge in [-0.05, 0) is 31.2 Å². The van der Waals surface area contributed by atoms with Crippen LogP contribution in [0.4, 0.5) is 5.69 Å². The highest BCUT2D eigenvalue weighted by molar-refractivity contribution is 6.02. The molecule has 0 heterocycles. The number of hydrogen-bond acceptors (Lipinski definition) is 6. The molecule has 1 aromatic rings. The number of azo groups is 1. The first-order chi connectivity index (χ1) is 8.54. The fourth-order valence-corrected chi connectivity index (χ4v) is 1.05. The lowest BCUT2D eigenvalue weighted by Crippen LogP contribution is -2.26. The Labute approximate surface area is 103 Å². The average molecular weight is 246 g/mol. The van der Waals surface area contributed by atoms with Crippen molar-refractivity contribution in [3.8, 4) is 18.3 Å². The number of aromatic hydroxyl groups is 1. The number of carbonyl (C=O) groups is 2. The van der Waals surface area contributed by atoms with Gasteiger partial charge in [0, 0.05) is 0 Å². The summed E-state index contributed by atoms with van der Waals surface area (Å²) in [6.07, 6.45) is 6.46. The van der Waals surface area contributed by atoms with Crippen LogP contribution in [-0.2, 0) is 14.3 Å². The van der Waals surface area contributed by atoms with Crippen LogP contribution in [0.5, 0.6) is 5.75 Å². The van der Waals surface area contributed by atoms with Crippen LogP contribution < -0.4 is 0 Å². The Morgan fingerprint density at radius 2 is 2.00 bits per heavy atom. The summed E-state index contributed by atoms with van der Waals surface area (Å²) in [6.45, 7) is 1.18. The minimum Gasteiger partial charge on any atom is -0.508 e. The van der Waals surface area contributed by atoms with E-state index in [-0.39, 0.29) is 5.75 Å². The molecule has 0 fully saturated rings. The van der Waals surface area contributed by atoms with Crippen molar-refractivity contribution in [2.75, 3.05) is 0 Å². The van der Waals surface area contributed by atoms with Crippen molar-refractivity contribution >= 4 is 17.4 Å². The van der Waals surface area contributed by atoms with E-state index < -0.39 is 17.8 Å². The SMILES string of the molecule is C#COC(=O)C(N=Nc1ccc(O)cc1)C(C)=O. The maximum Gasteiger partial charge on any atom is 0.354 e. The van der Waals surface area contributed by atoms with Crippen LogP contribution in [-0.4, -0.2) is 22.9 Å². The molecule has 0 spiro atoms. The lowest BCUT2D eigenvalue weighted by molar-refractivity contribution is -0.141. The van der Waals surface area contributed by atoms with E-state index in [2.05, 4.69) is 15.0 Å². The lowest BCUT2D eigenvalue weighted by Gasteiger charge is -2.03. The van der Waals surface area contributed by atoms with Gasteiger partial charge in [-0.15, -0.1) is 0 Å². The fourth-order valence-electron chi connectivity index (χ4n) is 1.05. The van der Waals surface area contributed by atoms with Gasteiger partial charge >= 0.3 is 5.97 Å². The van der Waals surface area contributed by atoms with Crippen molar-refractivity contribution < 1.29 is 19.4 Å². The molecule has 1 atom stereocenters. The van der Waals surface area contributed by atoms with Crippen molar-refractivity contribution in [2.24, 2.45) is 10.2 Å². The molecule has 0 amide bonds. The number of ketones is 1. The Morgan fingerprint density at radius 1 is 1.39 bits per heavy atom. The van der Waals surface area contributed by atoms with Gasteiger partial charge in [0.1, 0.15) is 11.9 Å². The summed E-state index contributed by atoms with van der Waals surface area (Å²) in [5, 5.41) is 16.3. The van der Waals surface area contributed by atoms with Gasteiger partial charge in [0.25, 0.3) is 0 Å². The molecule has 0 saturated carbocycles. The second-order valence-electron chi connectivity index (χ2n) is 3.28. The van der Waals surface area contributed by atoms with Gasteiger partial charge in [0.2, 0.25) is 6.04 Å². The summed E-state index contributed by atoms with van der Waals surface area (Å²) in [7, 11) is 0. The Balaban J connectivity index is 2.84. The minimum absolute atomic E-state index is 0.0730. The average Bonchev–Trinajstić information content (AvgIpc) is 2.31. The maximum absolute atomic E-state index is 11.3. The number of nitrogens with zero attached hydrogens (tertiary/aromatic N) is 2. The standard InChI is InChI=1S/C12H10N2O4/c1-3-18-12(17)11(8(2)15)14-13-9-4-6-10(16)7-5-9/h1,4-7,11,16H,2H3. The van der Waals surface area contributed by atoms with Crippen molar-refractivity contribution in [1.82, 2.24) is 0 Å². The molecule has 0 aliphatic carbocycles. The normalized spacial score (nSPS) is 11.8. The molecule has 6 nitrogen and oxygen atoms in total. The second-order valence-corrected chi connectivity index (χ2v) is 3.28. The lowest BCUT2D eigenvalue weighted by atomic mass is 10.2. The molecular weight excluding hydrogens is 236 g/mol. The van der Waals surface area contributed by atoms with Gasteiger partial charge in [-0.2, -0.15) is 10.2 Å². The molecule has 1 aromatic carbocycles. The van der Waals surface area contributed by atoms with E-state index in [4.69, 9.17) is 11.5 Å². The van der Waals surface area contributed by atoms with Gasteiger partial charge in [-0.1, -0.05) is 6.42 Å². The molecule has 1 rings (SSSR count). The predicted octanol–water partition coefficient (Wildman–Crippen LogP) is 1.57. The summed E-state index contributed by atoms with van der Waals surface area (Å²) in [4.78, 5) is 22.5. The minimum atomic E-state index is -1.38. The van der Waals surface area contributed by atoms with Crippen molar-refractivity contribution in [3.63, 3.8) is 0 Å². The van der Waals surface area contributed by atoms with E-state index >= 15 is 0 Å². The van der Waals surface area contributed by atoms with Gasteiger partial charge in [0.15, 0.2) is 5.78 Å². The van der Waals surface area contributed by atoms with Crippen LogP contribution in [0.25, 0.3) is 0 Å². The van der Waals surface area contributed by atoms with Crippen LogP contribution in [0.1, 0.15) is 6.92 Å². The number of Topliss-reactive ketones (excluding diaryl/α,β-unsaturated/α-hetero) is 1. The smallest absolute Gasteiger partial charge is 0.354 e. The molecule has 0 aliphatic heterocycles. The number of esters is 1. The number of ether oxygens (including phenoxy) is 1. The van der Waals surface area contributed by atoms with E-state index in [9.17, 15) is 9.59 Å². The molecule has 0 radical (unpaired) electrons. The first-order valence-corrected chi connectivity index (χ1v) is 4.91. The molecule has 0 aromatic heterocycles. The van der Waals surface area contributed by atoms with E-state index in [1.807, 2.05) is 0 Å². The van der Waals surface area contributed by atoms with Gasteiger partial charge in [-0.3, -0.25) is 4.79 Å². The molecule has 1 unspecified atom stereocenters. The topological polar surface area (TPSA) is 88.3 Å². The van der Waals surface area contributed by atoms with Crippen molar-refractivity contribution in [3.05, 3.63) is 24.3 Å². The van der Waals surface area contributed by atoms with Crippen molar-refractivity contribution in [2.45, 2.75) is 13.0 Å². The van der Waals surface area contributed by atoms with Crippen LogP contribution in [0, 0.1) is 12.5 Å². The third-order valence-electron chi connectivity index (χ3n) is 1.91. The second kappa shape index (κ2) is 6.15. The van der Waals surface area contributed by atoms with Gasteiger partial charge in [0.05, 0.1) is 5.69 Å². The van der Waals surface area contributed by atoms with Gasteiger partial charge < -0.3 is 9.84 Å². The molecule has 0 bridgehead atoms. The monoisotopic (exact) mass is 246 g/mol. The predicted molar refractivity (Wildman–Crippen MR) is 62.0 cm³/mol. The zero-order valence-electron chi connectivity index (χ0n) is 9.53. The highest BCUT2D eigenvalue weighted by atomic mass is 16.5. The first-order valence-electron chi connectivity index (χ1n) is 4.91. The zero-order valence-corrected chi connectivity index (χ0v) is 9.53. The Kier molecular flexibility index (Phi) is 4.58. The molecule has 18 heavy (non-hydrogen) atoms. The number of rotatable bonds is 4. The Hall–Kier alpha value is -2.68. The van der Waals surface area contributed by atoms with Crippen LogP contribution >= 0.6 is 0 Å². The molecule has 0 aliphatic rings. The first kappa shape index (κ1) is 13.4. The van der Waals surface area contributed by atoms with Crippen LogP contribution in [0.15, 0.2) is 34.5 Å². The highest BCUT2D eigenvalue weighted by Gasteiger charge is 2.24. The number of phenols is 1. The summed E-state index contributed by atoms with van der Waals surface area (Å²) in [6, 6.07) is 4.37. The Bertz CT molecular complexity index is 514. The molecule has 0 saturated heterocycles. The molecule has 6 heteroatoms. The van der Waals surface area contributed by atoms with Gasteiger partial charge in [-0.25, -0.2) is 4.79 Å². The van der Waals surface area contributed by atoms with Crippen LogP contribution in [0.3, 0.4) is 0 Å². The largest absolute Gasteiger partial charge is 0.508 e. The summed E-state index contributed by atoms with van der Waals surface area (Å²) >= 11 is 0. The third-order valence-corrected chi connectivity index (χ3v) is 1.91. The Morgan fingerprint density at radius 3 is 2.50 bits per heavy atom. The van der Waals surface area contributed by atoms with Crippen LogP contribution in [0.2, 0.25) is 0 Å². The zero-order chi connectivity index (χ0) is 13.5. The number of hydrogen-bond donors (Lipinski definition) is 1. The summed E-state index contributed by atoms with van der Waals surface area (Å²) < 4.78 is 4.25. The van der Waals surface area contributed by atoms with E-state index in [1.54, 1.807) is 6.11 Å². The fraction of sp³-hybridized carbons (Fsp3) is 0.167. The number of phenolic OH excluding ortho intramolecular Hbond substituents is 1. The highest BCUT2D eigenvalue weighted by Crippen LogP contribution is 2.17. The maximum atomic E-state index is 11.3. The number of benzene rings is 1. The molecular formula is C12H10N2O4. The van der Waals surface area contributed by atoms with E-state index in [0.29, 0.717) is 5.69 Å². The summed E-state index contributed by atoms with van der Waals surface area (Å²) in [5.74, 6) is -1.41.